The van der Waals surface area contributed by atoms with E-state index in [1.807, 2.05) is 38.1 Å². The molecule has 0 bridgehead atoms. The molecule has 0 spiro atoms. The van der Waals surface area contributed by atoms with E-state index in [1.165, 1.54) is 5.56 Å². The zero-order chi connectivity index (χ0) is 25.7. The van der Waals surface area contributed by atoms with Crippen molar-refractivity contribution in [2.45, 2.75) is 53.0 Å². The molecule has 2 heterocycles. The molecule has 1 saturated heterocycles. The quantitative estimate of drug-likeness (QED) is 0.503. The lowest BCUT2D eigenvalue weighted by atomic mass is 9.95. The van der Waals surface area contributed by atoms with E-state index < -0.39 is 0 Å². The Hall–Kier alpha value is -3.19. The van der Waals surface area contributed by atoms with Crippen molar-refractivity contribution in [3.8, 4) is 5.75 Å². The number of hydrogen-bond donors (Lipinski definition) is 0. The van der Waals surface area contributed by atoms with Crippen molar-refractivity contribution in [1.29, 1.82) is 0 Å². The molecule has 0 radical (unpaired) electrons. The van der Waals surface area contributed by atoms with Gasteiger partial charge in [-0.15, -0.1) is 0 Å². The molecule has 0 aromatic heterocycles. The fourth-order valence-electron chi connectivity index (χ4n) is 5.17. The van der Waals surface area contributed by atoms with Gasteiger partial charge in [0.1, 0.15) is 5.75 Å². The second kappa shape index (κ2) is 11.7. The third-order valence-corrected chi connectivity index (χ3v) is 6.92. The lowest BCUT2D eigenvalue weighted by Gasteiger charge is -2.32. The Bertz CT molecular complexity index is 1110. The molecule has 36 heavy (non-hydrogen) atoms. The number of aryl methyl sites for hydroxylation is 2. The molecule has 2 aromatic rings. The largest absolute Gasteiger partial charge is 0.494 e. The number of piperidine rings is 1. The number of ether oxygens (including phenoxy) is 2. The SMILES string of the molecule is CCOC(=O)[C@H]1CCCN(CC(=O)N2N=C(c3ccc(C)cc3C)C[C@@H]2c2ccc(OCC)cc2)C1. The number of esters is 1. The molecule has 7 heteroatoms. The Kier molecular flexibility index (Phi) is 8.41. The van der Waals surface area contributed by atoms with Gasteiger partial charge in [-0.3, -0.25) is 14.5 Å². The van der Waals surface area contributed by atoms with Crippen LogP contribution in [-0.4, -0.2) is 60.3 Å². The first-order valence-electron chi connectivity index (χ1n) is 13.0. The van der Waals surface area contributed by atoms with Crippen molar-refractivity contribution < 1.29 is 19.1 Å². The summed E-state index contributed by atoms with van der Waals surface area (Å²) in [6.07, 6.45) is 2.32. The third-order valence-electron chi connectivity index (χ3n) is 6.92. The first kappa shape index (κ1) is 25.9. The Labute approximate surface area is 214 Å². The molecular weight excluding hydrogens is 454 g/mol. The average molecular weight is 492 g/mol. The summed E-state index contributed by atoms with van der Waals surface area (Å²) in [5.41, 5.74) is 5.38. The topological polar surface area (TPSA) is 71.4 Å². The summed E-state index contributed by atoms with van der Waals surface area (Å²) in [7, 11) is 0. The molecule has 0 saturated carbocycles. The molecule has 1 amide bonds. The second-order valence-corrected chi connectivity index (χ2v) is 9.65. The molecule has 1 fully saturated rings. The van der Waals surface area contributed by atoms with Crippen molar-refractivity contribution in [2.75, 3.05) is 32.8 Å². The van der Waals surface area contributed by atoms with Crippen LogP contribution < -0.4 is 4.74 Å². The zero-order valence-electron chi connectivity index (χ0n) is 21.8. The highest BCUT2D eigenvalue weighted by Crippen LogP contribution is 2.34. The van der Waals surface area contributed by atoms with E-state index >= 15 is 0 Å². The fraction of sp³-hybridized carbons (Fsp3) is 0.483. The van der Waals surface area contributed by atoms with Gasteiger partial charge in [-0.25, -0.2) is 5.01 Å². The highest BCUT2D eigenvalue weighted by Gasteiger charge is 2.35. The molecule has 2 aromatic carbocycles. The average Bonchev–Trinajstić information content (AvgIpc) is 3.30. The van der Waals surface area contributed by atoms with Gasteiger partial charge in [0.2, 0.25) is 0 Å². The number of amides is 1. The smallest absolute Gasteiger partial charge is 0.310 e. The number of benzene rings is 2. The van der Waals surface area contributed by atoms with Gasteiger partial charge in [-0.05, 0) is 70.3 Å². The maximum Gasteiger partial charge on any atom is 0.310 e. The van der Waals surface area contributed by atoms with E-state index in [9.17, 15) is 9.59 Å². The van der Waals surface area contributed by atoms with Crippen LogP contribution in [0.3, 0.4) is 0 Å². The number of hydrogen-bond acceptors (Lipinski definition) is 6. The molecule has 2 aliphatic rings. The molecule has 0 N–H and O–H groups in total. The number of likely N-dealkylation sites (tertiary alicyclic amines) is 1. The highest BCUT2D eigenvalue weighted by atomic mass is 16.5. The number of carbonyl (C=O) groups excluding carboxylic acids is 2. The maximum atomic E-state index is 13.6. The van der Waals surface area contributed by atoms with Gasteiger partial charge in [0.05, 0.1) is 37.4 Å². The van der Waals surface area contributed by atoms with Gasteiger partial charge >= 0.3 is 5.97 Å². The van der Waals surface area contributed by atoms with Crippen LogP contribution in [0.5, 0.6) is 5.75 Å². The van der Waals surface area contributed by atoms with Gasteiger partial charge in [0, 0.05) is 18.5 Å². The maximum absolute atomic E-state index is 13.6. The third kappa shape index (κ3) is 5.95. The fourth-order valence-corrected chi connectivity index (χ4v) is 5.17. The van der Waals surface area contributed by atoms with Crippen molar-refractivity contribution in [3.63, 3.8) is 0 Å². The summed E-state index contributed by atoms with van der Waals surface area (Å²) < 4.78 is 10.8. The monoisotopic (exact) mass is 491 g/mol. The van der Waals surface area contributed by atoms with Crippen LogP contribution in [0.25, 0.3) is 0 Å². The number of carbonyl (C=O) groups is 2. The number of hydrazone groups is 1. The van der Waals surface area contributed by atoms with Gasteiger partial charge in [-0.1, -0.05) is 35.9 Å². The number of rotatable bonds is 8. The minimum absolute atomic E-state index is 0.0573. The summed E-state index contributed by atoms with van der Waals surface area (Å²) >= 11 is 0. The second-order valence-electron chi connectivity index (χ2n) is 9.65. The summed E-state index contributed by atoms with van der Waals surface area (Å²) in [6.45, 7) is 10.5. The predicted molar refractivity (Wildman–Crippen MR) is 140 cm³/mol. The summed E-state index contributed by atoms with van der Waals surface area (Å²) in [5, 5.41) is 6.52. The minimum atomic E-state index is -0.186. The summed E-state index contributed by atoms with van der Waals surface area (Å²) in [6, 6.07) is 14.1. The van der Waals surface area contributed by atoms with Crippen molar-refractivity contribution in [2.24, 2.45) is 11.0 Å². The van der Waals surface area contributed by atoms with E-state index in [-0.39, 0.29) is 30.4 Å². The molecule has 2 atom stereocenters. The van der Waals surface area contributed by atoms with E-state index in [1.54, 1.807) is 5.01 Å². The van der Waals surface area contributed by atoms with Crippen molar-refractivity contribution in [3.05, 3.63) is 64.7 Å². The van der Waals surface area contributed by atoms with Crippen LogP contribution in [0.2, 0.25) is 0 Å². The predicted octanol–water partition coefficient (Wildman–Crippen LogP) is 4.65. The number of nitrogens with zero attached hydrogens (tertiary/aromatic N) is 3. The first-order valence-corrected chi connectivity index (χ1v) is 13.0. The molecule has 0 aliphatic carbocycles. The lowest BCUT2D eigenvalue weighted by molar-refractivity contribution is -0.150. The van der Waals surface area contributed by atoms with Crippen LogP contribution in [0.4, 0.5) is 0 Å². The van der Waals surface area contributed by atoms with Crippen LogP contribution in [0, 0.1) is 19.8 Å². The molecule has 4 rings (SSSR count). The Morgan fingerprint density at radius 2 is 1.83 bits per heavy atom. The first-order chi connectivity index (χ1) is 17.4. The van der Waals surface area contributed by atoms with E-state index in [0.29, 0.717) is 26.2 Å². The minimum Gasteiger partial charge on any atom is -0.494 e. The van der Waals surface area contributed by atoms with Crippen LogP contribution in [0.1, 0.15) is 61.4 Å². The van der Waals surface area contributed by atoms with Crippen LogP contribution in [0.15, 0.2) is 47.6 Å². The highest BCUT2D eigenvalue weighted by molar-refractivity contribution is 6.04. The molecule has 2 aliphatic heterocycles. The van der Waals surface area contributed by atoms with Crippen molar-refractivity contribution >= 4 is 17.6 Å². The lowest BCUT2D eigenvalue weighted by Crippen LogP contribution is -2.44. The van der Waals surface area contributed by atoms with Gasteiger partial charge < -0.3 is 9.47 Å². The van der Waals surface area contributed by atoms with Crippen molar-refractivity contribution in [1.82, 2.24) is 9.91 Å². The van der Waals surface area contributed by atoms with Gasteiger partial charge in [-0.2, -0.15) is 5.10 Å². The molecule has 7 nitrogen and oxygen atoms in total. The van der Waals surface area contributed by atoms with E-state index in [2.05, 4.69) is 36.9 Å². The Morgan fingerprint density at radius 1 is 1.06 bits per heavy atom. The standard InChI is InChI=1S/C29H37N3O4/c1-5-35-24-12-10-22(11-13-24)27-17-26(25-14-9-20(3)16-21(25)4)30-32(27)28(33)19-31-15-7-8-23(18-31)29(34)36-6-2/h9-14,16,23,27H,5-8,15,17-19H2,1-4H3/t23-,27+/m0/s1. The summed E-state index contributed by atoms with van der Waals surface area (Å²) in [4.78, 5) is 28.0. The molecular formula is C29H37N3O4. The molecule has 0 unspecified atom stereocenters. The van der Waals surface area contributed by atoms with E-state index in [0.717, 1.165) is 47.5 Å². The van der Waals surface area contributed by atoms with Gasteiger partial charge in [0.25, 0.3) is 5.91 Å². The van der Waals surface area contributed by atoms with Crippen LogP contribution >= 0.6 is 0 Å². The van der Waals surface area contributed by atoms with Gasteiger partial charge in [0.15, 0.2) is 0 Å². The normalized spacial score (nSPS) is 20.2. The van der Waals surface area contributed by atoms with Crippen LogP contribution in [-0.2, 0) is 14.3 Å². The summed E-state index contributed by atoms with van der Waals surface area (Å²) in [5.74, 6) is 0.406. The molecule has 192 valence electrons. The Balaban J connectivity index is 1.56. The zero-order valence-corrected chi connectivity index (χ0v) is 21.8. The van der Waals surface area contributed by atoms with E-state index in [4.69, 9.17) is 14.6 Å². The Morgan fingerprint density at radius 3 is 2.53 bits per heavy atom.